The molecule has 0 saturated carbocycles. The lowest BCUT2D eigenvalue weighted by Gasteiger charge is -2.08. The topological polar surface area (TPSA) is 101 Å². The molecule has 0 aromatic heterocycles. The Labute approximate surface area is 101 Å². The maximum Gasteiger partial charge on any atom is 0.303 e. The van der Waals surface area contributed by atoms with Crippen LogP contribution in [0.3, 0.4) is 0 Å². The van der Waals surface area contributed by atoms with Crippen LogP contribution in [-0.2, 0) is 19.4 Å². The predicted octanol–water partition coefficient (Wildman–Crippen LogP) is 0.181. The lowest BCUT2D eigenvalue weighted by atomic mass is 10.2. The van der Waals surface area contributed by atoms with Gasteiger partial charge in [0.2, 0.25) is 5.91 Å². The fourth-order valence-corrected chi connectivity index (χ4v) is 1.83. The highest BCUT2D eigenvalue weighted by Crippen LogP contribution is 2.00. The molecule has 0 saturated heterocycles. The zero-order valence-electron chi connectivity index (χ0n) is 10.1. The third-order valence-corrected chi connectivity index (χ3v) is 4.29. The summed E-state index contributed by atoms with van der Waals surface area (Å²) in [4.78, 5) is 21.4. The molecule has 0 aliphatic carbocycles. The van der Waals surface area contributed by atoms with E-state index in [1.54, 1.807) is 0 Å². The van der Waals surface area contributed by atoms with E-state index in [-0.39, 0.29) is 6.42 Å². The van der Waals surface area contributed by atoms with Gasteiger partial charge in [0.1, 0.15) is 5.75 Å². The largest absolute Gasteiger partial charge is 0.481 e. The summed E-state index contributed by atoms with van der Waals surface area (Å²) >= 11 is 0. The van der Waals surface area contributed by atoms with E-state index in [1.165, 1.54) is 13.8 Å². The molecule has 0 bridgehead atoms. The van der Waals surface area contributed by atoms with Crippen molar-refractivity contribution in [2.24, 2.45) is 0 Å². The van der Waals surface area contributed by atoms with E-state index in [4.69, 9.17) is 5.11 Å². The summed E-state index contributed by atoms with van der Waals surface area (Å²) in [5.41, 5.74) is 0. The van der Waals surface area contributed by atoms with Gasteiger partial charge in [-0.1, -0.05) is 0 Å². The molecule has 0 rings (SSSR count). The van der Waals surface area contributed by atoms with E-state index < -0.39 is 32.7 Å². The average molecular weight is 265 g/mol. The first-order chi connectivity index (χ1) is 7.75. The van der Waals surface area contributed by atoms with E-state index in [1.807, 2.05) is 0 Å². The molecule has 0 aliphatic heterocycles. The number of carboxylic acids is 1. The van der Waals surface area contributed by atoms with Crippen LogP contribution in [0.25, 0.3) is 0 Å². The van der Waals surface area contributed by atoms with Gasteiger partial charge in [-0.2, -0.15) is 0 Å². The second-order valence-corrected chi connectivity index (χ2v) is 6.61. The normalized spacial score (nSPS) is 11.5. The van der Waals surface area contributed by atoms with Crippen molar-refractivity contribution in [2.45, 2.75) is 38.4 Å². The van der Waals surface area contributed by atoms with Crippen molar-refractivity contribution in [2.75, 3.05) is 12.3 Å². The van der Waals surface area contributed by atoms with E-state index in [9.17, 15) is 18.0 Å². The lowest BCUT2D eigenvalue weighted by molar-refractivity contribution is -0.137. The molecule has 6 nitrogen and oxygen atoms in total. The Balaban J connectivity index is 3.78. The summed E-state index contributed by atoms with van der Waals surface area (Å²) in [6.07, 6.45) is 1.05. The molecule has 17 heavy (non-hydrogen) atoms. The summed E-state index contributed by atoms with van der Waals surface area (Å²) in [6.45, 7) is 3.35. The van der Waals surface area contributed by atoms with E-state index in [0.29, 0.717) is 19.4 Å². The van der Waals surface area contributed by atoms with Crippen LogP contribution in [0, 0.1) is 0 Å². The number of carbonyl (C=O) groups is 2. The molecule has 1 amide bonds. The number of unbranched alkanes of at least 4 members (excludes halogenated alkanes) is 1. The Morgan fingerprint density at radius 2 is 1.82 bits per heavy atom. The SMILES string of the molecule is CC(C)S(=O)(=O)CC(=O)NCCCCC(=O)O. The first-order valence-corrected chi connectivity index (χ1v) is 7.17. The fourth-order valence-electron chi connectivity index (χ4n) is 1.03. The van der Waals surface area contributed by atoms with Gasteiger partial charge in [0.15, 0.2) is 9.84 Å². The molecule has 0 aliphatic rings. The van der Waals surface area contributed by atoms with Gasteiger partial charge in [-0.05, 0) is 26.7 Å². The van der Waals surface area contributed by atoms with E-state index >= 15 is 0 Å². The molecule has 100 valence electrons. The Bertz CT molecular complexity index is 361. The molecular weight excluding hydrogens is 246 g/mol. The minimum Gasteiger partial charge on any atom is -0.481 e. The van der Waals surface area contributed by atoms with Crippen molar-refractivity contribution in [1.29, 1.82) is 0 Å². The third-order valence-electron chi connectivity index (χ3n) is 2.19. The van der Waals surface area contributed by atoms with Crippen LogP contribution in [0.4, 0.5) is 0 Å². The molecular formula is C10H19NO5S. The van der Waals surface area contributed by atoms with Gasteiger partial charge in [-0.15, -0.1) is 0 Å². The number of rotatable bonds is 8. The smallest absolute Gasteiger partial charge is 0.303 e. The van der Waals surface area contributed by atoms with E-state index in [0.717, 1.165) is 0 Å². The second-order valence-electron chi connectivity index (χ2n) is 4.06. The van der Waals surface area contributed by atoms with Crippen molar-refractivity contribution in [3.8, 4) is 0 Å². The Morgan fingerprint density at radius 1 is 1.24 bits per heavy atom. The van der Waals surface area contributed by atoms with Gasteiger partial charge in [-0.25, -0.2) is 8.42 Å². The van der Waals surface area contributed by atoms with Crippen LogP contribution in [0.5, 0.6) is 0 Å². The molecule has 0 spiro atoms. The molecule has 0 atom stereocenters. The molecule has 2 N–H and O–H groups in total. The molecule has 0 fully saturated rings. The number of aliphatic carboxylic acids is 1. The second kappa shape index (κ2) is 7.26. The minimum absolute atomic E-state index is 0.0557. The van der Waals surface area contributed by atoms with Gasteiger partial charge in [0.05, 0.1) is 5.25 Å². The summed E-state index contributed by atoms with van der Waals surface area (Å²) in [6, 6.07) is 0. The fraction of sp³-hybridized carbons (Fsp3) is 0.800. The summed E-state index contributed by atoms with van der Waals surface area (Å²) in [5, 5.41) is 10.3. The molecule has 0 aromatic carbocycles. The zero-order chi connectivity index (χ0) is 13.5. The van der Waals surface area contributed by atoms with Crippen molar-refractivity contribution < 1.29 is 23.1 Å². The molecule has 0 aromatic rings. The Morgan fingerprint density at radius 3 is 2.29 bits per heavy atom. The van der Waals surface area contributed by atoms with Crippen LogP contribution in [-0.4, -0.2) is 42.9 Å². The predicted molar refractivity (Wildman–Crippen MR) is 63.4 cm³/mol. The number of carbonyl (C=O) groups excluding carboxylic acids is 1. The number of sulfone groups is 1. The number of nitrogens with one attached hydrogen (secondary N) is 1. The monoisotopic (exact) mass is 265 g/mol. The molecule has 0 unspecified atom stereocenters. The standard InChI is InChI=1S/C10H19NO5S/c1-8(2)17(15,16)7-9(12)11-6-4-3-5-10(13)14/h8H,3-7H2,1-2H3,(H,11,12)(H,13,14). The highest BCUT2D eigenvalue weighted by Gasteiger charge is 2.20. The van der Waals surface area contributed by atoms with Crippen LogP contribution >= 0.6 is 0 Å². The number of hydrogen-bond acceptors (Lipinski definition) is 4. The molecule has 0 heterocycles. The highest BCUT2D eigenvalue weighted by molar-refractivity contribution is 7.92. The van der Waals surface area contributed by atoms with E-state index in [2.05, 4.69) is 5.32 Å². The van der Waals surface area contributed by atoms with Gasteiger partial charge < -0.3 is 10.4 Å². The quantitative estimate of drug-likeness (QED) is 0.610. The Hall–Kier alpha value is -1.11. The molecule has 7 heteroatoms. The van der Waals surface area contributed by atoms with Gasteiger partial charge in [0.25, 0.3) is 0 Å². The van der Waals surface area contributed by atoms with Crippen LogP contribution in [0.2, 0.25) is 0 Å². The third kappa shape index (κ3) is 7.73. The first kappa shape index (κ1) is 15.9. The number of hydrogen-bond donors (Lipinski definition) is 2. The van der Waals surface area contributed by atoms with Gasteiger partial charge >= 0.3 is 5.97 Å². The average Bonchev–Trinajstić information content (AvgIpc) is 2.15. The summed E-state index contributed by atoms with van der Waals surface area (Å²) < 4.78 is 22.8. The van der Waals surface area contributed by atoms with Crippen LogP contribution in [0.15, 0.2) is 0 Å². The minimum atomic E-state index is -3.36. The maximum absolute atomic E-state index is 11.4. The maximum atomic E-state index is 11.4. The summed E-state index contributed by atoms with van der Waals surface area (Å²) in [5.74, 6) is -1.92. The highest BCUT2D eigenvalue weighted by atomic mass is 32.2. The van der Waals surface area contributed by atoms with Crippen molar-refractivity contribution >= 4 is 21.7 Å². The zero-order valence-corrected chi connectivity index (χ0v) is 10.9. The number of carboxylic acid groups (broad SMARTS) is 1. The Kier molecular flexibility index (Phi) is 6.79. The van der Waals surface area contributed by atoms with Gasteiger partial charge in [0, 0.05) is 13.0 Å². The van der Waals surface area contributed by atoms with Crippen LogP contribution in [0.1, 0.15) is 33.1 Å². The van der Waals surface area contributed by atoms with Crippen molar-refractivity contribution in [3.63, 3.8) is 0 Å². The first-order valence-electron chi connectivity index (χ1n) is 5.45. The van der Waals surface area contributed by atoms with Crippen molar-refractivity contribution in [1.82, 2.24) is 5.32 Å². The van der Waals surface area contributed by atoms with Crippen LogP contribution < -0.4 is 5.32 Å². The van der Waals surface area contributed by atoms with Gasteiger partial charge in [-0.3, -0.25) is 9.59 Å². The summed E-state index contributed by atoms with van der Waals surface area (Å²) in [7, 11) is -3.36. The van der Waals surface area contributed by atoms with Crippen molar-refractivity contribution in [3.05, 3.63) is 0 Å². The molecule has 0 radical (unpaired) electrons. The lowest BCUT2D eigenvalue weighted by Crippen LogP contribution is -2.33. The number of amides is 1.